The second-order valence-electron chi connectivity index (χ2n) is 8.70. The third kappa shape index (κ3) is 4.61. The number of aromatic nitrogens is 4. The molecule has 2 aromatic heterocycles. The van der Waals surface area contributed by atoms with Crippen molar-refractivity contribution in [2.75, 3.05) is 0 Å². The van der Waals surface area contributed by atoms with Crippen LogP contribution in [-0.4, -0.2) is 19.7 Å². The SMILES string of the molecule is CCCc1c(-c2nnc(C3CCCCC3)o2)nc(-c2ccc(Cl)cc2Cl)n1-c1ccc(Cl)cc1. The van der Waals surface area contributed by atoms with Gasteiger partial charge in [-0.05, 0) is 61.7 Å². The van der Waals surface area contributed by atoms with E-state index in [0.717, 1.165) is 42.6 Å². The van der Waals surface area contributed by atoms with E-state index in [9.17, 15) is 0 Å². The van der Waals surface area contributed by atoms with Crippen LogP contribution in [0.5, 0.6) is 0 Å². The van der Waals surface area contributed by atoms with Crippen molar-refractivity contribution in [1.82, 2.24) is 19.7 Å². The highest BCUT2D eigenvalue weighted by molar-refractivity contribution is 6.36. The molecule has 0 spiro atoms. The smallest absolute Gasteiger partial charge is 0.268 e. The second-order valence-corrected chi connectivity index (χ2v) is 9.98. The molecule has 0 bridgehead atoms. The van der Waals surface area contributed by atoms with Gasteiger partial charge < -0.3 is 4.42 Å². The molecule has 8 heteroatoms. The third-order valence-electron chi connectivity index (χ3n) is 6.31. The Hall–Kier alpha value is -2.34. The van der Waals surface area contributed by atoms with E-state index in [0.29, 0.717) is 44.3 Å². The Bertz CT molecular complexity index is 1290. The van der Waals surface area contributed by atoms with Gasteiger partial charge in [-0.15, -0.1) is 10.2 Å². The van der Waals surface area contributed by atoms with Crippen LogP contribution < -0.4 is 0 Å². The molecule has 1 fully saturated rings. The lowest BCUT2D eigenvalue weighted by molar-refractivity contribution is 0.367. The van der Waals surface area contributed by atoms with Crippen molar-refractivity contribution in [3.63, 3.8) is 0 Å². The first-order valence-electron chi connectivity index (χ1n) is 11.7. The zero-order chi connectivity index (χ0) is 23.7. The van der Waals surface area contributed by atoms with E-state index in [2.05, 4.69) is 21.7 Å². The maximum atomic E-state index is 6.63. The quantitative estimate of drug-likeness (QED) is 0.258. The van der Waals surface area contributed by atoms with E-state index in [1.807, 2.05) is 36.4 Å². The molecular weight excluding hydrogens is 491 g/mol. The Kier molecular flexibility index (Phi) is 6.96. The van der Waals surface area contributed by atoms with Gasteiger partial charge in [0, 0.05) is 27.2 Å². The highest BCUT2D eigenvalue weighted by atomic mass is 35.5. The van der Waals surface area contributed by atoms with Gasteiger partial charge in [0.2, 0.25) is 5.89 Å². The highest BCUT2D eigenvalue weighted by Gasteiger charge is 2.27. The summed E-state index contributed by atoms with van der Waals surface area (Å²) in [5.41, 5.74) is 3.38. The van der Waals surface area contributed by atoms with Crippen molar-refractivity contribution in [2.24, 2.45) is 0 Å². The fourth-order valence-electron chi connectivity index (χ4n) is 4.66. The molecule has 5 nitrogen and oxygen atoms in total. The number of hydrogen-bond acceptors (Lipinski definition) is 4. The van der Waals surface area contributed by atoms with Gasteiger partial charge in [0.1, 0.15) is 11.5 Å². The molecule has 34 heavy (non-hydrogen) atoms. The minimum atomic E-state index is 0.327. The molecule has 1 aliphatic rings. The normalized spacial score (nSPS) is 14.6. The van der Waals surface area contributed by atoms with Crippen LogP contribution in [0.25, 0.3) is 28.7 Å². The largest absolute Gasteiger partial charge is 0.419 e. The van der Waals surface area contributed by atoms with Gasteiger partial charge in [-0.25, -0.2) is 4.98 Å². The summed E-state index contributed by atoms with van der Waals surface area (Å²) in [7, 11) is 0. The zero-order valence-electron chi connectivity index (χ0n) is 18.9. The minimum Gasteiger partial charge on any atom is -0.419 e. The number of hydrogen-bond donors (Lipinski definition) is 0. The van der Waals surface area contributed by atoms with E-state index in [4.69, 9.17) is 44.2 Å². The predicted molar refractivity (Wildman–Crippen MR) is 137 cm³/mol. The van der Waals surface area contributed by atoms with Crippen LogP contribution in [0.15, 0.2) is 46.9 Å². The average Bonchev–Trinajstić information content (AvgIpc) is 3.46. The third-order valence-corrected chi connectivity index (χ3v) is 7.11. The van der Waals surface area contributed by atoms with Gasteiger partial charge in [0.25, 0.3) is 5.89 Å². The Morgan fingerprint density at radius 2 is 1.68 bits per heavy atom. The Morgan fingerprint density at radius 3 is 2.38 bits per heavy atom. The molecule has 2 aromatic carbocycles. The minimum absolute atomic E-state index is 0.327. The summed E-state index contributed by atoms with van der Waals surface area (Å²) < 4.78 is 8.34. The number of nitrogens with zero attached hydrogens (tertiary/aromatic N) is 4. The summed E-state index contributed by atoms with van der Waals surface area (Å²) in [6.45, 7) is 2.14. The molecule has 0 radical (unpaired) electrons. The van der Waals surface area contributed by atoms with Crippen molar-refractivity contribution in [3.8, 4) is 28.7 Å². The Morgan fingerprint density at radius 1 is 0.941 bits per heavy atom. The predicted octanol–water partition coefficient (Wildman–Crippen LogP) is 8.55. The van der Waals surface area contributed by atoms with Crippen LogP contribution in [0.4, 0.5) is 0 Å². The van der Waals surface area contributed by atoms with Crippen molar-refractivity contribution in [1.29, 1.82) is 0 Å². The molecule has 0 N–H and O–H groups in total. The highest BCUT2D eigenvalue weighted by Crippen LogP contribution is 2.38. The summed E-state index contributed by atoms with van der Waals surface area (Å²) in [6.07, 6.45) is 7.56. The lowest BCUT2D eigenvalue weighted by Gasteiger charge is -2.17. The van der Waals surface area contributed by atoms with Crippen molar-refractivity contribution in [3.05, 3.63) is 69.1 Å². The van der Waals surface area contributed by atoms with Crippen LogP contribution in [0.3, 0.4) is 0 Å². The van der Waals surface area contributed by atoms with E-state index in [1.165, 1.54) is 19.3 Å². The van der Waals surface area contributed by atoms with Gasteiger partial charge >= 0.3 is 0 Å². The molecule has 2 heterocycles. The van der Waals surface area contributed by atoms with Gasteiger partial charge in [-0.3, -0.25) is 4.57 Å². The zero-order valence-corrected chi connectivity index (χ0v) is 21.2. The summed E-state index contributed by atoms with van der Waals surface area (Å²) in [5.74, 6) is 2.18. The lowest BCUT2D eigenvalue weighted by atomic mass is 9.89. The van der Waals surface area contributed by atoms with Gasteiger partial charge in [-0.2, -0.15) is 0 Å². The van der Waals surface area contributed by atoms with Gasteiger partial charge in [-0.1, -0.05) is 67.4 Å². The Labute approximate surface area is 214 Å². The fraction of sp³-hybridized carbons (Fsp3) is 0.346. The number of benzene rings is 2. The molecule has 1 aliphatic carbocycles. The molecule has 0 unspecified atom stereocenters. The monoisotopic (exact) mass is 514 g/mol. The van der Waals surface area contributed by atoms with Crippen LogP contribution in [-0.2, 0) is 6.42 Å². The molecular formula is C26H25Cl3N4O. The number of imidazole rings is 1. The molecule has 0 amide bonds. The summed E-state index contributed by atoms with van der Waals surface area (Å²) in [5, 5.41) is 10.6. The first kappa shape index (κ1) is 23.4. The van der Waals surface area contributed by atoms with E-state index >= 15 is 0 Å². The molecule has 0 saturated heterocycles. The summed E-state index contributed by atoms with van der Waals surface area (Å²) in [4.78, 5) is 5.02. The van der Waals surface area contributed by atoms with Crippen LogP contribution >= 0.6 is 34.8 Å². The first-order chi connectivity index (χ1) is 16.5. The number of halogens is 3. The molecule has 0 atom stereocenters. The Balaban J connectivity index is 1.69. The van der Waals surface area contributed by atoms with Crippen LogP contribution in [0.2, 0.25) is 15.1 Å². The van der Waals surface area contributed by atoms with Gasteiger partial charge in [0.15, 0.2) is 0 Å². The lowest BCUT2D eigenvalue weighted by Crippen LogP contribution is -2.04. The summed E-state index contributed by atoms with van der Waals surface area (Å²) >= 11 is 19.0. The van der Waals surface area contributed by atoms with E-state index in [-0.39, 0.29) is 0 Å². The van der Waals surface area contributed by atoms with Crippen LogP contribution in [0, 0.1) is 0 Å². The maximum Gasteiger partial charge on any atom is 0.268 e. The molecule has 1 saturated carbocycles. The van der Waals surface area contributed by atoms with Crippen molar-refractivity contribution in [2.45, 2.75) is 57.8 Å². The second kappa shape index (κ2) is 10.1. The van der Waals surface area contributed by atoms with E-state index in [1.54, 1.807) is 6.07 Å². The van der Waals surface area contributed by atoms with Crippen molar-refractivity contribution < 1.29 is 4.42 Å². The van der Waals surface area contributed by atoms with E-state index < -0.39 is 0 Å². The molecule has 176 valence electrons. The fourth-order valence-corrected chi connectivity index (χ4v) is 5.28. The maximum absolute atomic E-state index is 6.63. The topological polar surface area (TPSA) is 56.7 Å². The summed E-state index contributed by atoms with van der Waals surface area (Å²) in [6, 6.07) is 13.1. The standard InChI is InChI=1S/C26H25Cl3N4O/c1-2-6-22-23(26-32-31-25(34-26)16-7-4-3-5-8-16)30-24(20-14-11-18(28)15-21(20)29)33(22)19-12-9-17(27)10-13-19/h9-16H,2-8H2,1H3. The molecule has 5 rings (SSSR count). The van der Waals surface area contributed by atoms with Crippen LogP contribution in [0.1, 0.15) is 63.0 Å². The molecule has 0 aliphatic heterocycles. The average molecular weight is 516 g/mol. The van der Waals surface area contributed by atoms with Crippen molar-refractivity contribution >= 4 is 34.8 Å². The molecule has 4 aromatic rings. The first-order valence-corrected chi connectivity index (χ1v) is 12.8. The van der Waals surface area contributed by atoms with Gasteiger partial charge in [0.05, 0.1) is 10.7 Å². The number of rotatable bonds is 6.